The lowest BCUT2D eigenvalue weighted by atomic mass is 9.94. The Kier molecular flexibility index (Phi) is 10.3. The average molecular weight is 586 g/mol. The van der Waals surface area contributed by atoms with Gasteiger partial charge in [0, 0.05) is 80.2 Å². The molecule has 4 rings (SSSR count). The van der Waals surface area contributed by atoms with Crippen molar-refractivity contribution in [3.8, 4) is 11.1 Å². The van der Waals surface area contributed by atoms with Gasteiger partial charge in [-0.1, -0.05) is 23.7 Å². The smallest absolute Gasteiger partial charge is 0.390 e. The summed E-state index contributed by atoms with van der Waals surface area (Å²) in [6.07, 6.45) is -3.06. The van der Waals surface area contributed by atoms with Crippen molar-refractivity contribution in [3.05, 3.63) is 52.3 Å². The van der Waals surface area contributed by atoms with Crippen molar-refractivity contribution in [2.24, 2.45) is 5.73 Å². The fourth-order valence-electron chi connectivity index (χ4n) is 5.56. The van der Waals surface area contributed by atoms with Crippen LogP contribution < -0.4 is 16.0 Å². The Morgan fingerprint density at radius 2 is 1.85 bits per heavy atom. The van der Waals surface area contributed by atoms with Crippen LogP contribution in [0.1, 0.15) is 35.2 Å². The number of rotatable bonds is 11. The number of halogens is 5. The molecule has 2 aliphatic heterocycles. The van der Waals surface area contributed by atoms with Gasteiger partial charge in [0.05, 0.1) is 18.6 Å². The Morgan fingerprint density at radius 1 is 1.10 bits per heavy atom. The van der Waals surface area contributed by atoms with Crippen molar-refractivity contribution >= 4 is 23.2 Å². The highest BCUT2D eigenvalue weighted by molar-refractivity contribution is 6.31. The molecule has 2 heterocycles. The fourth-order valence-corrected chi connectivity index (χ4v) is 5.73. The number of carbonyl (C=O) groups excluding carboxylic acids is 1. The van der Waals surface area contributed by atoms with Crippen molar-refractivity contribution in [2.45, 2.75) is 38.0 Å². The molecule has 2 saturated heterocycles. The van der Waals surface area contributed by atoms with E-state index in [1.165, 1.54) is 6.07 Å². The van der Waals surface area contributed by atoms with Gasteiger partial charge in [-0.2, -0.15) is 13.2 Å². The number of nitrogens with zero attached hydrogens (tertiary/aromatic N) is 3. The number of nitrogens with one attached hydrogen (secondary N) is 1. The summed E-state index contributed by atoms with van der Waals surface area (Å²) in [5, 5.41) is 13.4. The standard InChI is InChI=1S/C28H36ClF4N5O2/c29-20-4-6-22(24(16-20)38-14-12-36(13-15-38)10-7-28(31,32)33)25-19(3-5-23(26(25)30)27(34)40)17-35-8-11-37-9-1-2-21(37)18-39/h3-6,16,21,35,39H,1-2,7-15,17-18H2,(H2,34,40). The first-order chi connectivity index (χ1) is 19.1. The average Bonchev–Trinajstić information content (AvgIpc) is 3.37. The number of hydrogen-bond acceptors (Lipinski definition) is 6. The molecule has 2 aliphatic rings. The molecule has 0 aromatic heterocycles. The van der Waals surface area contributed by atoms with Crippen molar-refractivity contribution in [3.63, 3.8) is 0 Å². The predicted molar refractivity (Wildman–Crippen MR) is 148 cm³/mol. The second-order valence-electron chi connectivity index (χ2n) is 10.4. The zero-order valence-corrected chi connectivity index (χ0v) is 23.1. The molecule has 1 unspecified atom stereocenters. The highest BCUT2D eigenvalue weighted by Gasteiger charge is 2.30. The van der Waals surface area contributed by atoms with Gasteiger partial charge in [0.1, 0.15) is 5.82 Å². The second kappa shape index (κ2) is 13.5. The number of aliphatic hydroxyl groups is 1. The van der Waals surface area contributed by atoms with Crippen LogP contribution in [0.25, 0.3) is 11.1 Å². The molecule has 0 bridgehead atoms. The van der Waals surface area contributed by atoms with E-state index in [9.17, 15) is 23.1 Å². The number of piperazine rings is 1. The topological polar surface area (TPSA) is 85.1 Å². The molecule has 4 N–H and O–H groups in total. The number of benzene rings is 2. The molecule has 0 aliphatic carbocycles. The van der Waals surface area contributed by atoms with Gasteiger partial charge in [0.15, 0.2) is 0 Å². The monoisotopic (exact) mass is 585 g/mol. The van der Waals surface area contributed by atoms with Crippen molar-refractivity contribution < 1.29 is 27.5 Å². The van der Waals surface area contributed by atoms with E-state index in [4.69, 9.17) is 17.3 Å². The lowest BCUT2D eigenvalue weighted by Gasteiger charge is -2.37. The Hall–Kier alpha value is -2.44. The van der Waals surface area contributed by atoms with Crippen LogP contribution in [0.3, 0.4) is 0 Å². The number of aliphatic hydroxyl groups excluding tert-OH is 1. The van der Waals surface area contributed by atoms with Crippen molar-refractivity contribution in [2.75, 3.05) is 63.9 Å². The molecule has 40 heavy (non-hydrogen) atoms. The number of amides is 1. The normalized spacial score (nSPS) is 18.9. The Labute approximate surface area is 236 Å². The number of carbonyl (C=O) groups is 1. The summed E-state index contributed by atoms with van der Waals surface area (Å²) in [7, 11) is 0. The largest absolute Gasteiger partial charge is 0.395 e. The van der Waals surface area contributed by atoms with Gasteiger partial charge in [-0.15, -0.1) is 0 Å². The Morgan fingerprint density at radius 3 is 2.52 bits per heavy atom. The van der Waals surface area contributed by atoms with Crippen LogP contribution in [0.15, 0.2) is 30.3 Å². The Bertz CT molecular complexity index is 1170. The summed E-state index contributed by atoms with van der Waals surface area (Å²) in [6.45, 7) is 4.41. The van der Waals surface area contributed by atoms with E-state index in [1.54, 1.807) is 29.2 Å². The van der Waals surface area contributed by atoms with E-state index in [1.807, 2.05) is 4.90 Å². The molecule has 2 aromatic rings. The maximum Gasteiger partial charge on any atom is 0.390 e. The molecule has 12 heteroatoms. The summed E-state index contributed by atoms with van der Waals surface area (Å²) in [4.78, 5) is 18.0. The lowest BCUT2D eigenvalue weighted by Crippen LogP contribution is -2.47. The highest BCUT2D eigenvalue weighted by atomic mass is 35.5. The predicted octanol–water partition coefficient (Wildman–Crippen LogP) is 3.87. The first-order valence-electron chi connectivity index (χ1n) is 13.6. The molecule has 220 valence electrons. The minimum Gasteiger partial charge on any atom is -0.395 e. The van der Waals surface area contributed by atoms with Gasteiger partial charge in [-0.3, -0.25) is 14.6 Å². The molecular formula is C28H36ClF4N5O2. The van der Waals surface area contributed by atoms with Crippen LogP contribution >= 0.6 is 11.6 Å². The summed E-state index contributed by atoms with van der Waals surface area (Å²) in [5.41, 5.74) is 7.30. The van der Waals surface area contributed by atoms with E-state index < -0.39 is 24.3 Å². The summed E-state index contributed by atoms with van der Waals surface area (Å²) in [6, 6.07) is 8.31. The number of primary amides is 1. The van der Waals surface area contributed by atoms with Crippen LogP contribution in [0.4, 0.5) is 23.2 Å². The third kappa shape index (κ3) is 7.64. The number of anilines is 1. The Balaban J connectivity index is 1.56. The van der Waals surface area contributed by atoms with E-state index in [2.05, 4.69) is 10.2 Å². The molecule has 0 radical (unpaired) electrons. The van der Waals surface area contributed by atoms with E-state index in [0.29, 0.717) is 61.1 Å². The van der Waals surface area contributed by atoms with Crippen LogP contribution in [0, 0.1) is 5.82 Å². The SMILES string of the molecule is NC(=O)c1ccc(CNCCN2CCCC2CO)c(-c2ccc(Cl)cc2N2CCN(CCC(F)(F)F)CC2)c1F. The number of nitrogens with two attached hydrogens (primary N) is 1. The quantitative estimate of drug-likeness (QED) is 0.274. The summed E-state index contributed by atoms with van der Waals surface area (Å²) >= 11 is 6.34. The zero-order valence-electron chi connectivity index (χ0n) is 22.3. The molecule has 2 fully saturated rings. The van der Waals surface area contributed by atoms with Crippen molar-refractivity contribution in [1.82, 2.24) is 15.1 Å². The summed E-state index contributed by atoms with van der Waals surface area (Å²) in [5.74, 6) is -1.60. The molecule has 0 saturated carbocycles. The summed E-state index contributed by atoms with van der Waals surface area (Å²) < 4.78 is 54.0. The van der Waals surface area contributed by atoms with Gasteiger partial charge in [0.2, 0.25) is 0 Å². The maximum absolute atomic E-state index is 15.9. The van der Waals surface area contributed by atoms with Crippen molar-refractivity contribution in [1.29, 1.82) is 0 Å². The molecule has 2 aromatic carbocycles. The number of likely N-dealkylation sites (tertiary alicyclic amines) is 1. The first-order valence-corrected chi connectivity index (χ1v) is 14.0. The molecule has 1 atom stereocenters. The van der Waals surface area contributed by atoms with E-state index in [0.717, 1.165) is 25.9 Å². The van der Waals surface area contributed by atoms with Gasteiger partial charge in [0.25, 0.3) is 5.91 Å². The third-order valence-electron chi connectivity index (χ3n) is 7.75. The van der Waals surface area contributed by atoms with E-state index in [-0.39, 0.29) is 30.3 Å². The van der Waals surface area contributed by atoms with Gasteiger partial charge >= 0.3 is 6.18 Å². The van der Waals surface area contributed by atoms with Gasteiger partial charge in [-0.25, -0.2) is 4.39 Å². The van der Waals surface area contributed by atoms with Crippen LogP contribution in [0.5, 0.6) is 0 Å². The molecule has 7 nitrogen and oxygen atoms in total. The second-order valence-corrected chi connectivity index (χ2v) is 10.8. The van der Waals surface area contributed by atoms with Gasteiger partial charge < -0.3 is 21.1 Å². The number of alkyl halides is 3. The molecular weight excluding hydrogens is 550 g/mol. The van der Waals surface area contributed by atoms with Crippen LogP contribution in [0.2, 0.25) is 5.02 Å². The lowest BCUT2D eigenvalue weighted by molar-refractivity contribution is -0.138. The zero-order chi connectivity index (χ0) is 28.9. The minimum absolute atomic E-state index is 0.0681. The fraction of sp³-hybridized carbons (Fsp3) is 0.536. The minimum atomic E-state index is -4.21. The first kappa shape index (κ1) is 30.5. The molecule has 0 spiro atoms. The number of hydrogen-bond donors (Lipinski definition) is 3. The van der Waals surface area contributed by atoms with Crippen LogP contribution in [-0.2, 0) is 6.54 Å². The highest BCUT2D eigenvalue weighted by Crippen LogP contribution is 2.38. The third-order valence-corrected chi connectivity index (χ3v) is 7.98. The molecule has 1 amide bonds. The maximum atomic E-state index is 15.9. The van der Waals surface area contributed by atoms with Crippen LogP contribution in [-0.4, -0.2) is 92.0 Å². The van der Waals surface area contributed by atoms with E-state index >= 15 is 4.39 Å². The van der Waals surface area contributed by atoms with Gasteiger partial charge in [-0.05, 0) is 43.1 Å².